The second kappa shape index (κ2) is 5.40. The van der Waals surface area contributed by atoms with Gasteiger partial charge in [-0.1, -0.05) is 18.2 Å². The highest BCUT2D eigenvalue weighted by molar-refractivity contribution is 9.10. The van der Waals surface area contributed by atoms with Gasteiger partial charge in [0.25, 0.3) is 0 Å². The number of aromatic nitrogens is 2. The SMILES string of the molecule is CCNc1nc(C2COc3ccccc32)nc(C)c1Br. The molecule has 0 bridgehead atoms. The third-order valence-electron chi connectivity index (χ3n) is 3.39. The van der Waals surface area contributed by atoms with Crippen LogP contribution < -0.4 is 10.1 Å². The first-order valence-electron chi connectivity index (χ1n) is 6.70. The zero-order chi connectivity index (χ0) is 14.1. The number of fused-ring (bicyclic) bond motifs is 1. The van der Waals surface area contributed by atoms with Crippen LogP contribution in [-0.4, -0.2) is 23.1 Å². The second-order valence-corrected chi connectivity index (χ2v) is 5.55. The Balaban J connectivity index is 2.03. The molecule has 1 aromatic heterocycles. The molecule has 5 heteroatoms. The number of para-hydroxylation sites is 1. The molecule has 0 radical (unpaired) electrons. The van der Waals surface area contributed by atoms with Crippen molar-refractivity contribution in [2.24, 2.45) is 0 Å². The predicted octanol–water partition coefficient (Wildman–Crippen LogP) is 3.50. The smallest absolute Gasteiger partial charge is 0.144 e. The first-order chi connectivity index (χ1) is 9.70. The van der Waals surface area contributed by atoms with Gasteiger partial charge in [-0.15, -0.1) is 0 Å². The summed E-state index contributed by atoms with van der Waals surface area (Å²) < 4.78 is 6.65. The van der Waals surface area contributed by atoms with Gasteiger partial charge in [0.2, 0.25) is 0 Å². The summed E-state index contributed by atoms with van der Waals surface area (Å²) in [6.07, 6.45) is 0. The van der Waals surface area contributed by atoms with E-state index in [1.54, 1.807) is 0 Å². The molecule has 1 N–H and O–H groups in total. The van der Waals surface area contributed by atoms with Crippen LogP contribution in [0.3, 0.4) is 0 Å². The largest absolute Gasteiger partial charge is 0.492 e. The molecule has 0 saturated carbocycles. The highest BCUT2D eigenvalue weighted by Gasteiger charge is 2.28. The van der Waals surface area contributed by atoms with E-state index >= 15 is 0 Å². The number of ether oxygens (including phenoxy) is 1. The first kappa shape index (κ1) is 13.4. The van der Waals surface area contributed by atoms with E-state index in [0.717, 1.165) is 39.7 Å². The molecule has 4 nitrogen and oxygen atoms in total. The molecule has 0 spiro atoms. The van der Waals surface area contributed by atoms with Crippen LogP contribution in [0.4, 0.5) is 5.82 Å². The fourth-order valence-corrected chi connectivity index (χ4v) is 2.72. The number of hydrogen-bond acceptors (Lipinski definition) is 4. The van der Waals surface area contributed by atoms with E-state index in [1.807, 2.05) is 25.1 Å². The molecule has 20 heavy (non-hydrogen) atoms. The van der Waals surface area contributed by atoms with Gasteiger partial charge in [0.05, 0.1) is 16.1 Å². The monoisotopic (exact) mass is 333 g/mol. The predicted molar refractivity (Wildman–Crippen MR) is 82.4 cm³/mol. The summed E-state index contributed by atoms with van der Waals surface area (Å²) >= 11 is 3.54. The summed E-state index contributed by atoms with van der Waals surface area (Å²) in [6.45, 7) is 5.47. The summed E-state index contributed by atoms with van der Waals surface area (Å²) in [4.78, 5) is 9.27. The van der Waals surface area contributed by atoms with E-state index in [9.17, 15) is 0 Å². The van der Waals surface area contributed by atoms with Crippen molar-refractivity contribution in [3.8, 4) is 5.75 Å². The number of benzene rings is 1. The van der Waals surface area contributed by atoms with Gasteiger partial charge in [-0.05, 0) is 35.8 Å². The minimum absolute atomic E-state index is 0.107. The van der Waals surface area contributed by atoms with Crippen LogP contribution in [-0.2, 0) is 0 Å². The highest BCUT2D eigenvalue weighted by Crippen LogP contribution is 2.37. The lowest BCUT2D eigenvalue weighted by molar-refractivity contribution is 0.339. The van der Waals surface area contributed by atoms with E-state index in [1.165, 1.54) is 0 Å². The van der Waals surface area contributed by atoms with E-state index < -0.39 is 0 Å². The molecule has 2 aromatic rings. The maximum atomic E-state index is 5.72. The Morgan fingerprint density at radius 3 is 2.95 bits per heavy atom. The number of aryl methyl sites for hydroxylation is 1. The van der Waals surface area contributed by atoms with Crippen LogP contribution >= 0.6 is 15.9 Å². The number of rotatable bonds is 3. The molecule has 2 heterocycles. The summed E-state index contributed by atoms with van der Waals surface area (Å²) in [5, 5.41) is 3.27. The molecule has 1 aliphatic heterocycles. The molecule has 0 amide bonds. The van der Waals surface area contributed by atoms with Crippen LogP contribution in [0.2, 0.25) is 0 Å². The average molecular weight is 334 g/mol. The second-order valence-electron chi connectivity index (χ2n) is 4.76. The lowest BCUT2D eigenvalue weighted by Crippen LogP contribution is -2.12. The summed E-state index contributed by atoms with van der Waals surface area (Å²) in [5.74, 6) is 2.70. The minimum Gasteiger partial charge on any atom is -0.492 e. The Hall–Kier alpha value is -1.62. The van der Waals surface area contributed by atoms with Crippen LogP contribution in [0.25, 0.3) is 0 Å². The van der Waals surface area contributed by atoms with E-state index in [4.69, 9.17) is 4.74 Å². The number of hydrogen-bond donors (Lipinski definition) is 1. The zero-order valence-corrected chi connectivity index (χ0v) is 13.1. The van der Waals surface area contributed by atoms with Gasteiger partial charge in [0.15, 0.2) is 0 Å². The van der Waals surface area contributed by atoms with Crippen molar-refractivity contribution in [3.05, 3.63) is 45.8 Å². The van der Waals surface area contributed by atoms with E-state index in [2.05, 4.69) is 44.2 Å². The Morgan fingerprint density at radius 2 is 2.15 bits per heavy atom. The maximum absolute atomic E-state index is 5.72. The molecule has 104 valence electrons. The van der Waals surface area contributed by atoms with Gasteiger partial charge in [-0.2, -0.15) is 0 Å². The van der Waals surface area contributed by atoms with Gasteiger partial charge in [-0.3, -0.25) is 0 Å². The quantitative estimate of drug-likeness (QED) is 0.933. The number of anilines is 1. The van der Waals surface area contributed by atoms with Gasteiger partial charge in [0, 0.05) is 12.1 Å². The van der Waals surface area contributed by atoms with Crippen LogP contribution in [0, 0.1) is 6.92 Å². The normalized spacial score (nSPS) is 16.6. The molecule has 1 atom stereocenters. The number of nitrogens with zero attached hydrogens (tertiary/aromatic N) is 2. The Morgan fingerprint density at radius 1 is 1.35 bits per heavy atom. The number of halogens is 1. The van der Waals surface area contributed by atoms with Crippen LogP contribution in [0.5, 0.6) is 5.75 Å². The standard InChI is InChI=1S/C15H16BrN3O/c1-3-17-15-13(16)9(2)18-14(19-15)11-8-20-12-7-5-4-6-10(11)12/h4-7,11H,3,8H2,1-2H3,(H,17,18,19). The van der Waals surface area contributed by atoms with Crippen molar-refractivity contribution in [1.29, 1.82) is 0 Å². The van der Waals surface area contributed by atoms with Gasteiger partial charge < -0.3 is 10.1 Å². The van der Waals surface area contributed by atoms with Crippen molar-refractivity contribution in [3.63, 3.8) is 0 Å². The lowest BCUT2D eigenvalue weighted by Gasteiger charge is -2.13. The summed E-state index contributed by atoms with van der Waals surface area (Å²) in [7, 11) is 0. The number of nitrogens with one attached hydrogen (secondary N) is 1. The van der Waals surface area contributed by atoms with Gasteiger partial charge in [0.1, 0.15) is 24.0 Å². The van der Waals surface area contributed by atoms with Crippen molar-refractivity contribution >= 4 is 21.7 Å². The fraction of sp³-hybridized carbons (Fsp3) is 0.333. The molecule has 1 aliphatic rings. The lowest BCUT2D eigenvalue weighted by atomic mass is 10.0. The molecular weight excluding hydrogens is 318 g/mol. The van der Waals surface area contributed by atoms with E-state index in [-0.39, 0.29) is 5.92 Å². The highest BCUT2D eigenvalue weighted by atomic mass is 79.9. The van der Waals surface area contributed by atoms with Gasteiger partial charge >= 0.3 is 0 Å². The van der Waals surface area contributed by atoms with Crippen LogP contribution in [0.1, 0.15) is 29.9 Å². The maximum Gasteiger partial charge on any atom is 0.144 e. The summed E-state index contributed by atoms with van der Waals surface area (Å²) in [5.41, 5.74) is 2.10. The Bertz CT molecular complexity index is 645. The van der Waals surface area contributed by atoms with Crippen molar-refractivity contribution in [1.82, 2.24) is 9.97 Å². The van der Waals surface area contributed by atoms with Crippen molar-refractivity contribution in [2.75, 3.05) is 18.5 Å². The molecule has 0 saturated heterocycles. The fourth-order valence-electron chi connectivity index (χ4n) is 2.40. The Kier molecular flexibility index (Phi) is 3.61. The molecule has 1 aromatic carbocycles. The molecule has 3 rings (SSSR count). The molecule has 0 fully saturated rings. The van der Waals surface area contributed by atoms with Crippen molar-refractivity contribution < 1.29 is 4.74 Å². The molecule has 1 unspecified atom stereocenters. The first-order valence-corrected chi connectivity index (χ1v) is 7.49. The summed E-state index contributed by atoms with van der Waals surface area (Å²) in [6, 6.07) is 8.09. The third-order valence-corrected chi connectivity index (χ3v) is 4.34. The Labute approximate surface area is 126 Å². The van der Waals surface area contributed by atoms with Gasteiger partial charge in [-0.25, -0.2) is 9.97 Å². The minimum atomic E-state index is 0.107. The molecule has 0 aliphatic carbocycles. The average Bonchev–Trinajstić information content (AvgIpc) is 2.88. The van der Waals surface area contributed by atoms with Crippen molar-refractivity contribution in [2.45, 2.75) is 19.8 Å². The van der Waals surface area contributed by atoms with Crippen LogP contribution in [0.15, 0.2) is 28.7 Å². The molecular formula is C15H16BrN3O. The van der Waals surface area contributed by atoms with E-state index in [0.29, 0.717) is 6.61 Å². The zero-order valence-electron chi connectivity index (χ0n) is 11.5. The third kappa shape index (κ3) is 2.26. The topological polar surface area (TPSA) is 47.0 Å².